The zero-order chi connectivity index (χ0) is 15.7. The Balaban J connectivity index is 1.95. The second-order valence-corrected chi connectivity index (χ2v) is 7.11. The molecule has 0 saturated carbocycles. The first-order valence-electron chi connectivity index (χ1n) is 7.49. The molecule has 1 fully saturated rings. The number of morpholine rings is 1. The van der Waals surface area contributed by atoms with E-state index in [4.69, 9.17) is 10.5 Å². The summed E-state index contributed by atoms with van der Waals surface area (Å²) in [5, 5.41) is 0. The minimum Gasteiger partial charge on any atom is -0.399 e. The maximum absolute atomic E-state index is 12.5. The molecule has 21 heavy (non-hydrogen) atoms. The average Bonchev–Trinajstić information content (AvgIpc) is 2.34. The molecule has 1 aromatic carbocycles. The molecule has 1 aromatic rings. The molecule has 0 spiro atoms. The Morgan fingerprint density at radius 1 is 1.14 bits per heavy atom. The highest BCUT2D eigenvalue weighted by molar-refractivity contribution is 5.76. The smallest absolute Gasteiger partial charge is 0.223 e. The van der Waals surface area contributed by atoms with Gasteiger partial charge in [0, 0.05) is 25.2 Å². The van der Waals surface area contributed by atoms with Crippen molar-refractivity contribution in [2.24, 2.45) is 0 Å². The highest BCUT2D eigenvalue weighted by Gasteiger charge is 2.39. The van der Waals surface area contributed by atoms with Crippen LogP contribution >= 0.6 is 0 Å². The van der Waals surface area contributed by atoms with Gasteiger partial charge in [-0.2, -0.15) is 0 Å². The second kappa shape index (κ2) is 5.68. The van der Waals surface area contributed by atoms with E-state index in [1.54, 1.807) is 0 Å². The van der Waals surface area contributed by atoms with Crippen LogP contribution in [0.5, 0.6) is 0 Å². The lowest BCUT2D eigenvalue weighted by Crippen LogP contribution is -2.58. The maximum Gasteiger partial charge on any atom is 0.223 e. The molecule has 0 unspecified atom stereocenters. The van der Waals surface area contributed by atoms with Gasteiger partial charge in [0.25, 0.3) is 0 Å². The third-order valence-electron chi connectivity index (χ3n) is 3.66. The van der Waals surface area contributed by atoms with Crippen LogP contribution in [0.4, 0.5) is 5.69 Å². The summed E-state index contributed by atoms with van der Waals surface area (Å²) < 4.78 is 6.01. The summed E-state index contributed by atoms with van der Waals surface area (Å²) in [4.78, 5) is 14.4. The summed E-state index contributed by atoms with van der Waals surface area (Å²) >= 11 is 0. The number of hydrogen-bond donors (Lipinski definition) is 1. The lowest BCUT2D eigenvalue weighted by Gasteiger charge is -2.47. The number of nitrogens with two attached hydrogens (primary N) is 1. The molecule has 1 aliphatic rings. The third-order valence-corrected chi connectivity index (χ3v) is 3.66. The van der Waals surface area contributed by atoms with E-state index in [1.165, 1.54) is 0 Å². The van der Waals surface area contributed by atoms with Gasteiger partial charge in [-0.1, -0.05) is 12.1 Å². The minimum atomic E-state index is -0.293. The topological polar surface area (TPSA) is 55.6 Å². The summed E-state index contributed by atoms with van der Waals surface area (Å²) in [6, 6.07) is 7.72. The van der Waals surface area contributed by atoms with E-state index in [-0.39, 0.29) is 17.1 Å². The Morgan fingerprint density at radius 2 is 1.67 bits per heavy atom. The quantitative estimate of drug-likeness (QED) is 0.871. The first-order chi connectivity index (χ1) is 9.67. The van der Waals surface area contributed by atoms with Crippen molar-refractivity contribution in [3.8, 4) is 0 Å². The molecule has 0 radical (unpaired) electrons. The van der Waals surface area contributed by atoms with Crippen molar-refractivity contribution in [1.29, 1.82) is 0 Å². The van der Waals surface area contributed by atoms with Gasteiger partial charge in [-0.05, 0) is 51.8 Å². The normalized spacial score (nSPS) is 20.3. The molecule has 2 N–H and O–H groups in total. The SMILES string of the molecule is CC1(C)CN(C(=O)CCc2ccc(N)cc2)CC(C)(C)O1. The monoisotopic (exact) mass is 290 g/mol. The zero-order valence-corrected chi connectivity index (χ0v) is 13.5. The summed E-state index contributed by atoms with van der Waals surface area (Å²) in [7, 11) is 0. The molecule has 1 amide bonds. The van der Waals surface area contributed by atoms with Crippen molar-refractivity contribution in [1.82, 2.24) is 4.90 Å². The predicted octanol–water partition coefficient (Wildman–Crippen LogP) is 2.62. The molecule has 116 valence electrons. The van der Waals surface area contributed by atoms with Gasteiger partial charge >= 0.3 is 0 Å². The van der Waals surface area contributed by atoms with E-state index in [0.29, 0.717) is 19.5 Å². The van der Waals surface area contributed by atoms with Crippen LogP contribution in [0, 0.1) is 0 Å². The molecular formula is C17H26N2O2. The highest BCUT2D eigenvalue weighted by Crippen LogP contribution is 2.28. The van der Waals surface area contributed by atoms with Crippen LogP contribution < -0.4 is 5.73 Å². The van der Waals surface area contributed by atoms with Crippen LogP contribution in [0.25, 0.3) is 0 Å². The largest absolute Gasteiger partial charge is 0.399 e. The van der Waals surface area contributed by atoms with Crippen molar-refractivity contribution in [3.05, 3.63) is 29.8 Å². The molecular weight excluding hydrogens is 264 g/mol. The van der Waals surface area contributed by atoms with E-state index in [9.17, 15) is 4.79 Å². The van der Waals surface area contributed by atoms with E-state index < -0.39 is 0 Å². The van der Waals surface area contributed by atoms with Gasteiger partial charge in [-0.25, -0.2) is 0 Å². The van der Waals surface area contributed by atoms with Gasteiger partial charge in [-0.15, -0.1) is 0 Å². The van der Waals surface area contributed by atoms with Crippen molar-refractivity contribution in [3.63, 3.8) is 0 Å². The highest BCUT2D eigenvalue weighted by atomic mass is 16.5. The molecule has 0 atom stereocenters. The van der Waals surface area contributed by atoms with Gasteiger partial charge < -0.3 is 15.4 Å². The van der Waals surface area contributed by atoms with Crippen LogP contribution in [0.3, 0.4) is 0 Å². The van der Waals surface area contributed by atoms with Crippen LogP contribution in [-0.4, -0.2) is 35.1 Å². The minimum absolute atomic E-state index is 0.191. The first kappa shape index (κ1) is 15.8. The number of carbonyl (C=O) groups excluding carboxylic acids is 1. The fourth-order valence-corrected chi connectivity index (χ4v) is 3.06. The lowest BCUT2D eigenvalue weighted by atomic mass is 9.98. The number of benzene rings is 1. The molecule has 4 heteroatoms. The summed E-state index contributed by atoms with van der Waals surface area (Å²) in [5.74, 6) is 0.191. The number of amides is 1. The second-order valence-electron chi connectivity index (χ2n) is 7.11. The van der Waals surface area contributed by atoms with E-state index >= 15 is 0 Å². The maximum atomic E-state index is 12.5. The fourth-order valence-electron chi connectivity index (χ4n) is 3.06. The van der Waals surface area contributed by atoms with Crippen molar-refractivity contribution in [2.75, 3.05) is 18.8 Å². The zero-order valence-electron chi connectivity index (χ0n) is 13.5. The number of carbonyl (C=O) groups is 1. The Morgan fingerprint density at radius 3 is 2.19 bits per heavy atom. The number of nitrogen functional groups attached to an aromatic ring is 1. The number of rotatable bonds is 3. The van der Waals surface area contributed by atoms with E-state index in [2.05, 4.69) is 0 Å². The van der Waals surface area contributed by atoms with Crippen LogP contribution in [0.1, 0.15) is 39.7 Å². The average molecular weight is 290 g/mol. The standard InChI is InChI=1S/C17H26N2O2/c1-16(2)11-19(12-17(3,4)21-16)15(20)10-7-13-5-8-14(18)9-6-13/h5-6,8-9H,7,10-12,18H2,1-4H3. The predicted molar refractivity (Wildman–Crippen MR) is 85.0 cm³/mol. The molecule has 0 aromatic heterocycles. The number of anilines is 1. The van der Waals surface area contributed by atoms with Crippen LogP contribution in [0.15, 0.2) is 24.3 Å². The molecule has 1 aliphatic heterocycles. The van der Waals surface area contributed by atoms with Crippen molar-refractivity contribution < 1.29 is 9.53 Å². The van der Waals surface area contributed by atoms with Gasteiger partial charge in [0.05, 0.1) is 11.2 Å². The number of nitrogens with zero attached hydrogens (tertiary/aromatic N) is 1. The Labute approximate surface area is 127 Å². The van der Waals surface area contributed by atoms with E-state index in [0.717, 1.165) is 17.7 Å². The summed E-state index contributed by atoms with van der Waals surface area (Å²) in [6.07, 6.45) is 1.27. The van der Waals surface area contributed by atoms with Crippen molar-refractivity contribution in [2.45, 2.75) is 51.7 Å². The molecule has 2 rings (SSSR count). The lowest BCUT2D eigenvalue weighted by molar-refractivity contribution is -0.187. The van der Waals surface area contributed by atoms with Gasteiger partial charge in [0.15, 0.2) is 0 Å². The van der Waals surface area contributed by atoms with Gasteiger partial charge in [-0.3, -0.25) is 4.79 Å². The Hall–Kier alpha value is -1.55. The fraction of sp³-hybridized carbons (Fsp3) is 0.588. The summed E-state index contributed by atoms with van der Waals surface area (Å²) in [6.45, 7) is 9.44. The molecule has 1 heterocycles. The molecule has 0 bridgehead atoms. The molecule has 1 saturated heterocycles. The first-order valence-corrected chi connectivity index (χ1v) is 7.49. The molecule has 0 aliphatic carbocycles. The van der Waals surface area contributed by atoms with E-state index in [1.807, 2.05) is 56.9 Å². The van der Waals surface area contributed by atoms with Gasteiger partial charge in [0.2, 0.25) is 5.91 Å². The van der Waals surface area contributed by atoms with Crippen LogP contribution in [-0.2, 0) is 16.0 Å². The number of hydrogen-bond acceptors (Lipinski definition) is 3. The third kappa shape index (κ3) is 4.46. The number of ether oxygens (including phenoxy) is 1. The van der Waals surface area contributed by atoms with Crippen LogP contribution in [0.2, 0.25) is 0 Å². The van der Waals surface area contributed by atoms with Gasteiger partial charge in [0.1, 0.15) is 0 Å². The van der Waals surface area contributed by atoms with Crippen molar-refractivity contribution >= 4 is 11.6 Å². The Bertz CT molecular complexity index is 490. The summed E-state index contributed by atoms with van der Waals surface area (Å²) in [5.41, 5.74) is 6.98. The Kier molecular flexibility index (Phi) is 4.28. The number of aryl methyl sites for hydroxylation is 1. The molecule has 4 nitrogen and oxygen atoms in total.